The van der Waals surface area contributed by atoms with Gasteiger partial charge in [-0.3, -0.25) is 14.9 Å². The molecule has 1 N–H and O–H groups in total. The third-order valence-corrected chi connectivity index (χ3v) is 5.44. The summed E-state index contributed by atoms with van der Waals surface area (Å²) in [5.74, 6) is -0.187. The standard InChI is InChI=1S/C20H24N2O7S/c1-20(2,3)29-15-11-9-14(10-12-15)13-16(19(23)28-4)21-30(26,27)18-8-6-5-7-17(18)22(24)25/h5-12,16,21H,13H2,1-4H3. The molecule has 0 saturated heterocycles. The minimum absolute atomic E-state index is 0.0116. The fourth-order valence-electron chi connectivity index (χ4n) is 2.68. The molecule has 162 valence electrons. The van der Waals surface area contributed by atoms with Crippen LogP contribution in [0.2, 0.25) is 0 Å². The number of ether oxygens (including phenoxy) is 2. The van der Waals surface area contributed by atoms with Crippen LogP contribution >= 0.6 is 0 Å². The molecule has 0 aliphatic heterocycles. The molecule has 0 aliphatic carbocycles. The van der Waals surface area contributed by atoms with Crippen molar-refractivity contribution in [3.63, 3.8) is 0 Å². The van der Waals surface area contributed by atoms with Crippen molar-refractivity contribution < 1.29 is 27.6 Å². The number of hydrogen-bond donors (Lipinski definition) is 1. The van der Waals surface area contributed by atoms with Gasteiger partial charge in [0.15, 0.2) is 4.90 Å². The summed E-state index contributed by atoms with van der Waals surface area (Å²) in [7, 11) is -3.23. The maximum absolute atomic E-state index is 12.7. The van der Waals surface area contributed by atoms with Crippen LogP contribution in [-0.2, 0) is 26.0 Å². The first-order valence-electron chi connectivity index (χ1n) is 9.04. The van der Waals surface area contributed by atoms with Gasteiger partial charge in [0.25, 0.3) is 5.69 Å². The zero-order chi connectivity index (χ0) is 22.5. The third-order valence-electron chi connectivity index (χ3n) is 3.92. The number of hydrogen-bond acceptors (Lipinski definition) is 7. The van der Waals surface area contributed by atoms with Crippen LogP contribution < -0.4 is 9.46 Å². The first kappa shape index (κ1) is 23.3. The predicted octanol–water partition coefficient (Wildman–Crippen LogP) is 2.83. The Balaban J connectivity index is 2.27. The summed E-state index contributed by atoms with van der Waals surface area (Å²) >= 11 is 0. The molecule has 0 bridgehead atoms. The molecule has 0 aliphatic rings. The van der Waals surface area contributed by atoms with E-state index in [1.54, 1.807) is 24.3 Å². The lowest BCUT2D eigenvalue weighted by atomic mass is 10.1. The number of nitro benzene ring substituents is 1. The van der Waals surface area contributed by atoms with E-state index in [4.69, 9.17) is 9.47 Å². The average Bonchev–Trinajstić information content (AvgIpc) is 2.67. The molecule has 1 atom stereocenters. The summed E-state index contributed by atoms with van der Waals surface area (Å²) in [4.78, 5) is 22.0. The molecule has 0 spiro atoms. The van der Waals surface area contributed by atoms with E-state index in [-0.39, 0.29) is 12.0 Å². The normalized spacial score (nSPS) is 12.8. The van der Waals surface area contributed by atoms with Gasteiger partial charge in [0.05, 0.1) is 12.0 Å². The molecule has 2 rings (SSSR count). The highest BCUT2D eigenvalue weighted by Gasteiger charge is 2.31. The second-order valence-corrected chi connectivity index (χ2v) is 9.17. The fraction of sp³-hybridized carbons (Fsp3) is 0.350. The van der Waals surface area contributed by atoms with Crippen molar-refractivity contribution in [1.29, 1.82) is 0 Å². The lowest BCUT2D eigenvalue weighted by Gasteiger charge is -2.21. The number of esters is 1. The van der Waals surface area contributed by atoms with Crippen LogP contribution in [0.4, 0.5) is 5.69 Å². The number of nitrogens with zero attached hydrogens (tertiary/aromatic N) is 1. The Morgan fingerprint density at radius 3 is 2.27 bits per heavy atom. The number of carbonyl (C=O) groups excluding carboxylic acids is 1. The number of nitrogens with one attached hydrogen (secondary N) is 1. The molecule has 1 unspecified atom stereocenters. The lowest BCUT2D eigenvalue weighted by molar-refractivity contribution is -0.387. The highest BCUT2D eigenvalue weighted by Crippen LogP contribution is 2.24. The first-order chi connectivity index (χ1) is 13.9. The molecule has 0 saturated carbocycles. The molecule has 10 heteroatoms. The van der Waals surface area contributed by atoms with Gasteiger partial charge >= 0.3 is 5.97 Å². The van der Waals surface area contributed by atoms with Gasteiger partial charge < -0.3 is 9.47 Å². The van der Waals surface area contributed by atoms with Gasteiger partial charge in [-0.1, -0.05) is 24.3 Å². The van der Waals surface area contributed by atoms with Crippen molar-refractivity contribution in [2.45, 2.75) is 43.7 Å². The molecule has 0 aromatic heterocycles. The fourth-order valence-corrected chi connectivity index (χ4v) is 4.04. The number of carbonyl (C=O) groups is 1. The van der Waals surface area contributed by atoms with E-state index in [0.29, 0.717) is 11.3 Å². The summed E-state index contributed by atoms with van der Waals surface area (Å²) < 4.78 is 38.2. The first-order valence-corrected chi connectivity index (χ1v) is 10.5. The summed E-state index contributed by atoms with van der Waals surface area (Å²) in [5.41, 5.74) is -0.315. The largest absolute Gasteiger partial charge is 0.488 e. The zero-order valence-electron chi connectivity index (χ0n) is 17.1. The van der Waals surface area contributed by atoms with Crippen molar-refractivity contribution in [2.75, 3.05) is 7.11 Å². The van der Waals surface area contributed by atoms with Gasteiger partial charge in [-0.2, -0.15) is 4.72 Å². The number of para-hydroxylation sites is 1. The van der Waals surface area contributed by atoms with Crippen LogP contribution in [0.5, 0.6) is 5.75 Å². The number of benzene rings is 2. The highest BCUT2D eigenvalue weighted by molar-refractivity contribution is 7.89. The Kier molecular flexibility index (Phi) is 7.16. The molecule has 2 aromatic carbocycles. The van der Waals surface area contributed by atoms with Crippen LogP contribution in [0.3, 0.4) is 0 Å². The molecular formula is C20H24N2O7S. The molecule has 2 aromatic rings. The van der Waals surface area contributed by atoms with Crippen molar-refractivity contribution in [3.8, 4) is 5.75 Å². The van der Waals surface area contributed by atoms with Crippen LogP contribution in [0, 0.1) is 10.1 Å². The number of rotatable bonds is 8. The van der Waals surface area contributed by atoms with Gasteiger partial charge in [-0.15, -0.1) is 0 Å². The summed E-state index contributed by atoms with van der Waals surface area (Å²) in [6.45, 7) is 5.73. The predicted molar refractivity (Wildman–Crippen MR) is 110 cm³/mol. The van der Waals surface area contributed by atoms with Gasteiger partial charge in [-0.25, -0.2) is 8.42 Å². The molecule has 0 fully saturated rings. The molecule has 0 heterocycles. The maximum atomic E-state index is 12.7. The minimum atomic E-state index is -4.36. The highest BCUT2D eigenvalue weighted by atomic mass is 32.2. The van der Waals surface area contributed by atoms with E-state index in [9.17, 15) is 23.3 Å². The molecule has 30 heavy (non-hydrogen) atoms. The Labute approximate surface area is 175 Å². The Morgan fingerprint density at radius 1 is 1.13 bits per heavy atom. The quantitative estimate of drug-likeness (QED) is 0.383. The smallest absolute Gasteiger partial charge is 0.324 e. The van der Waals surface area contributed by atoms with Crippen molar-refractivity contribution in [2.24, 2.45) is 0 Å². The van der Waals surface area contributed by atoms with E-state index >= 15 is 0 Å². The second-order valence-electron chi connectivity index (χ2n) is 7.48. The Bertz CT molecular complexity index is 1010. The van der Waals surface area contributed by atoms with Crippen LogP contribution in [0.1, 0.15) is 26.3 Å². The topological polar surface area (TPSA) is 125 Å². The second kappa shape index (κ2) is 9.23. The van der Waals surface area contributed by atoms with Crippen LogP contribution in [-0.4, -0.2) is 38.1 Å². The van der Waals surface area contributed by atoms with Crippen LogP contribution in [0.15, 0.2) is 53.4 Å². The third kappa shape index (κ3) is 6.26. The lowest BCUT2D eigenvalue weighted by Crippen LogP contribution is -2.43. The number of sulfonamides is 1. The SMILES string of the molecule is COC(=O)C(Cc1ccc(OC(C)(C)C)cc1)NS(=O)(=O)c1ccccc1[N+](=O)[O-]. The zero-order valence-corrected chi connectivity index (χ0v) is 17.9. The van der Waals surface area contributed by atoms with Crippen molar-refractivity contribution in [1.82, 2.24) is 4.72 Å². The Hall–Kier alpha value is -2.98. The van der Waals surface area contributed by atoms with Gasteiger partial charge in [0.1, 0.15) is 17.4 Å². The summed E-state index contributed by atoms with van der Waals surface area (Å²) in [5, 5.41) is 11.2. The van der Waals surface area contributed by atoms with Gasteiger partial charge in [0.2, 0.25) is 10.0 Å². The van der Waals surface area contributed by atoms with E-state index in [2.05, 4.69) is 4.72 Å². The minimum Gasteiger partial charge on any atom is -0.488 e. The maximum Gasteiger partial charge on any atom is 0.324 e. The van der Waals surface area contributed by atoms with Crippen molar-refractivity contribution in [3.05, 3.63) is 64.2 Å². The number of methoxy groups -OCH3 is 1. The van der Waals surface area contributed by atoms with Gasteiger partial charge in [0, 0.05) is 6.07 Å². The van der Waals surface area contributed by atoms with E-state index in [0.717, 1.165) is 19.2 Å². The molecular weight excluding hydrogens is 412 g/mol. The average molecular weight is 436 g/mol. The summed E-state index contributed by atoms with van der Waals surface area (Å²) in [6.07, 6.45) is -0.0116. The molecule has 0 amide bonds. The monoisotopic (exact) mass is 436 g/mol. The Morgan fingerprint density at radius 2 is 1.73 bits per heavy atom. The van der Waals surface area contributed by atoms with E-state index < -0.39 is 37.5 Å². The van der Waals surface area contributed by atoms with E-state index in [1.165, 1.54) is 12.1 Å². The summed E-state index contributed by atoms with van der Waals surface area (Å²) in [6, 6.07) is 10.5. The van der Waals surface area contributed by atoms with Gasteiger partial charge in [-0.05, 0) is 51.0 Å². The van der Waals surface area contributed by atoms with Crippen LogP contribution in [0.25, 0.3) is 0 Å². The molecule has 9 nitrogen and oxygen atoms in total. The van der Waals surface area contributed by atoms with Crippen molar-refractivity contribution >= 4 is 21.7 Å². The number of nitro groups is 1. The molecule has 0 radical (unpaired) electrons. The van der Waals surface area contributed by atoms with E-state index in [1.807, 2.05) is 20.8 Å².